The van der Waals surface area contributed by atoms with Crippen molar-refractivity contribution in [3.63, 3.8) is 0 Å². The van der Waals surface area contributed by atoms with Crippen LogP contribution in [0.25, 0.3) is 0 Å². The Bertz CT molecular complexity index is 1080. The smallest absolute Gasteiger partial charge is 0.243 e. The zero-order valence-corrected chi connectivity index (χ0v) is 21.8. The second-order valence-electron chi connectivity index (χ2n) is 8.96. The van der Waals surface area contributed by atoms with E-state index in [1.165, 1.54) is 17.7 Å². The highest BCUT2D eigenvalue weighted by molar-refractivity contribution is 7.98. The molecule has 36 heavy (non-hydrogen) atoms. The molecule has 6 heteroatoms. The lowest BCUT2D eigenvalue weighted by Crippen LogP contribution is -2.52. The van der Waals surface area contributed by atoms with Crippen molar-refractivity contribution in [1.82, 2.24) is 10.2 Å². The van der Waals surface area contributed by atoms with Gasteiger partial charge < -0.3 is 10.2 Å². The van der Waals surface area contributed by atoms with Crippen molar-refractivity contribution in [2.75, 3.05) is 5.75 Å². The van der Waals surface area contributed by atoms with Crippen LogP contribution in [0.4, 0.5) is 4.39 Å². The van der Waals surface area contributed by atoms with Crippen molar-refractivity contribution in [3.8, 4) is 0 Å². The van der Waals surface area contributed by atoms with Crippen LogP contribution in [-0.2, 0) is 28.3 Å². The van der Waals surface area contributed by atoms with E-state index >= 15 is 0 Å². The largest absolute Gasteiger partial charge is 0.352 e. The highest BCUT2D eigenvalue weighted by Gasteiger charge is 2.30. The Balaban J connectivity index is 1.80. The molecule has 0 bridgehead atoms. The summed E-state index contributed by atoms with van der Waals surface area (Å²) in [6, 6.07) is 25.4. The van der Waals surface area contributed by atoms with Gasteiger partial charge in [0, 0.05) is 36.9 Å². The predicted octanol–water partition coefficient (Wildman–Crippen LogP) is 6.00. The van der Waals surface area contributed by atoms with Gasteiger partial charge in [-0.1, -0.05) is 79.7 Å². The van der Waals surface area contributed by atoms with Crippen LogP contribution in [0.15, 0.2) is 84.9 Å². The van der Waals surface area contributed by atoms with Gasteiger partial charge in [-0.05, 0) is 42.2 Å². The molecular formula is C30H35FN2O2S. The first-order valence-corrected chi connectivity index (χ1v) is 13.6. The Hall–Kier alpha value is -3.12. The minimum atomic E-state index is -0.668. The number of thioether (sulfide) groups is 1. The van der Waals surface area contributed by atoms with Crippen molar-refractivity contribution >= 4 is 23.6 Å². The fourth-order valence-electron chi connectivity index (χ4n) is 3.85. The zero-order chi connectivity index (χ0) is 25.8. The number of hydrogen-bond acceptors (Lipinski definition) is 3. The quantitative estimate of drug-likeness (QED) is 0.289. The summed E-state index contributed by atoms with van der Waals surface area (Å²) in [5, 5.41) is 3.07. The van der Waals surface area contributed by atoms with Gasteiger partial charge in [0.2, 0.25) is 11.8 Å². The van der Waals surface area contributed by atoms with Gasteiger partial charge in [0.1, 0.15) is 11.9 Å². The van der Waals surface area contributed by atoms with Crippen LogP contribution in [0.5, 0.6) is 0 Å². The minimum Gasteiger partial charge on any atom is -0.352 e. The van der Waals surface area contributed by atoms with Crippen molar-refractivity contribution in [3.05, 3.63) is 107 Å². The van der Waals surface area contributed by atoms with Crippen LogP contribution in [0.2, 0.25) is 0 Å². The highest BCUT2D eigenvalue weighted by atomic mass is 32.2. The molecule has 2 atom stereocenters. The summed E-state index contributed by atoms with van der Waals surface area (Å²) in [5.74, 6) is 0.900. The first kappa shape index (κ1) is 27.5. The number of hydrogen-bond donors (Lipinski definition) is 1. The van der Waals surface area contributed by atoms with E-state index in [-0.39, 0.29) is 30.2 Å². The third-order valence-electron chi connectivity index (χ3n) is 6.11. The van der Waals surface area contributed by atoms with Crippen molar-refractivity contribution in [2.45, 2.75) is 57.5 Å². The van der Waals surface area contributed by atoms with Gasteiger partial charge in [0.25, 0.3) is 0 Å². The molecule has 3 aromatic carbocycles. The van der Waals surface area contributed by atoms with Crippen LogP contribution in [0.3, 0.4) is 0 Å². The van der Waals surface area contributed by atoms with Crippen LogP contribution in [-0.4, -0.2) is 34.6 Å². The number of nitrogens with zero attached hydrogens (tertiary/aromatic N) is 1. The van der Waals surface area contributed by atoms with Crippen LogP contribution in [0, 0.1) is 5.82 Å². The topological polar surface area (TPSA) is 49.4 Å². The van der Waals surface area contributed by atoms with Crippen molar-refractivity contribution < 1.29 is 14.0 Å². The summed E-state index contributed by atoms with van der Waals surface area (Å²) in [6.07, 6.45) is 1.53. The fourth-order valence-corrected chi connectivity index (χ4v) is 4.74. The molecule has 0 radical (unpaired) electrons. The molecule has 0 aliphatic rings. The lowest BCUT2D eigenvalue weighted by Gasteiger charge is -2.32. The van der Waals surface area contributed by atoms with Gasteiger partial charge in [0.15, 0.2) is 0 Å². The summed E-state index contributed by atoms with van der Waals surface area (Å²) in [7, 11) is 0. The number of carbonyl (C=O) groups excluding carboxylic acids is 2. The second-order valence-corrected chi connectivity index (χ2v) is 10.1. The average molecular weight is 507 g/mol. The molecule has 1 N–H and O–H groups in total. The van der Waals surface area contributed by atoms with Gasteiger partial charge in [0.05, 0.1) is 0 Å². The molecule has 190 valence electrons. The molecule has 2 amide bonds. The van der Waals surface area contributed by atoms with E-state index in [4.69, 9.17) is 0 Å². The normalized spacial score (nSPS) is 12.5. The van der Waals surface area contributed by atoms with Gasteiger partial charge in [-0.15, -0.1) is 0 Å². The number of amides is 2. The summed E-state index contributed by atoms with van der Waals surface area (Å²) in [5.41, 5.74) is 2.99. The summed E-state index contributed by atoms with van der Waals surface area (Å²) >= 11 is 1.70. The monoisotopic (exact) mass is 506 g/mol. The first-order chi connectivity index (χ1) is 17.5. The first-order valence-electron chi connectivity index (χ1n) is 12.5. The maximum absolute atomic E-state index is 13.6. The molecule has 0 saturated carbocycles. The van der Waals surface area contributed by atoms with E-state index in [1.54, 1.807) is 28.8 Å². The number of nitrogens with one attached hydrogen (secondary N) is 1. The molecule has 0 heterocycles. The molecule has 0 saturated heterocycles. The van der Waals surface area contributed by atoms with E-state index in [9.17, 15) is 14.0 Å². The molecule has 3 aromatic rings. The van der Waals surface area contributed by atoms with E-state index in [0.29, 0.717) is 18.6 Å². The molecule has 0 aliphatic heterocycles. The Morgan fingerprint density at radius 1 is 0.889 bits per heavy atom. The SMILES string of the molecule is CC[C@@H](C)NC(=O)[C@@H](Cc1ccccc1)N(Cc1ccc(F)cc1)C(=O)CCSCc1ccccc1. The van der Waals surface area contributed by atoms with Crippen LogP contribution < -0.4 is 5.32 Å². The Morgan fingerprint density at radius 3 is 2.11 bits per heavy atom. The molecule has 0 aliphatic carbocycles. The number of halogens is 1. The van der Waals surface area contributed by atoms with E-state index in [0.717, 1.165) is 23.3 Å². The number of benzene rings is 3. The van der Waals surface area contributed by atoms with Crippen molar-refractivity contribution in [2.24, 2.45) is 0 Å². The number of rotatable bonds is 13. The minimum absolute atomic E-state index is 0.0000236. The number of carbonyl (C=O) groups is 2. The molecule has 3 rings (SSSR count). The summed E-state index contributed by atoms with van der Waals surface area (Å²) in [4.78, 5) is 28.7. The Kier molecular flexibility index (Phi) is 11.0. The third-order valence-corrected chi connectivity index (χ3v) is 7.14. The summed E-state index contributed by atoms with van der Waals surface area (Å²) < 4.78 is 13.5. The van der Waals surface area contributed by atoms with E-state index in [1.807, 2.05) is 62.4 Å². The van der Waals surface area contributed by atoms with E-state index in [2.05, 4.69) is 17.4 Å². The molecule has 0 fully saturated rings. The maximum Gasteiger partial charge on any atom is 0.243 e. The standard InChI is InChI=1S/C30H35FN2O2S/c1-3-23(2)32-30(35)28(20-24-10-6-4-7-11-24)33(21-25-14-16-27(31)17-15-25)29(34)18-19-36-22-26-12-8-5-9-13-26/h4-17,23,28H,3,18-22H2,1-2H3,(H,32,35)/t23-,28-/m1/s1. The zero-order valence-electron chi connectivity index (χ0n) is 21.0. The molecule has 4 nitrogen and oxygen atoms in total. The molecule has 0 unspecified atom stereocenters. The van der Waals surface area contributed by atoms with Gasteiger partial charge in [-0.3, -0.25) is 9.59 Å². The molecular weight excluding hydrogens is 471 g/mol. The second kappa shape index (κ2) is 14.4. The third kappa shape index (κ3) is 8.83. The fraction of sp³-hybridized carbons (Fsp3) is 0.333. The summed E-state index contributed by atoms with van der Waals surface area (Å²) in [6.45, 7) is 4.22. The maximum atomic E-state index is 13.6. The Labute approximate surface area is 218 Å². The van der Waals surface area contributed by atoms with Gasteiger partial charge in [-0.2, -0.15) is 11.8 Å². The Morgan fingerprint density at radius 2 is 1.50 bits per heavy atom. The average Bonchev–Trinajstić information content (AvgIpc) is 2.90. The van der Waals surface area contributed by atoms with Crippen LogP contribution in [0.1, 0.15) is 43.4 Å². The lowest BCUT2D eigenvalue weighted by molar-refractivity contribution is -0.141. The molecule has 0 aromatic heterocycles. The van der Waals surface area contributed by atoms with Gasteiger partial charge in [-0.25, -0.2) is 4.39 Å². The van der Waals surface area contributed by atoms with Crippen LogP contribution >= 0.6 is 11.8 Å². The predicted molar refractivity (Wildman–Crippen MR) is 146 cm³/mol. The highest BCUT2D eigenvalue weighted by Crippen LogP contribution is 2.19. The van der Waals surface area contributed by atoms with Gasteiger partial charge >= 0.3 is 0 Å². The lowest BCUT2D eigenvalue weighted by atomic mass is 10.0. The van der Waals surface area contributed by atoms with Crippen molar-refractivity contribution in [1.29, 1.82) is 0 Å². The van der Waals surface area contributed by atoms with E-state index < -0.39 is 6.04 Å². The molecule has 0 spiro atoms.